The number of rotatable bonds is 6. The Morgan fingerprint density at radius 1 is 1.15 bits per heavy atom. The zero-order chi connectivity index (χ0) is 19.8. The molecule has 5 nitrogen and oxygen atoms in total. The van der Waals surface area contributed by atoms with Gasteiger partial charge in [0.25, 0.3) is 5.91 Å². The molecule has 2 rings (SSSR count). The molecule has 0 radical (unpaired) electrons. The monoisotopic (exact) mass is 434 g/mol. The summed E-state index contributed by atoms with van der Waals surface area (Å²) in [6.07, 6.45) is 0.549. The molecular weight excluding hydrogens is 411 g/mol. The first-order valence-electron chi connectivity index (χ1n) is 8.59. The molecule has 0 aliphatic heterocycles. The molecule has 0 aliphatic rings. The Balaban J connectivity index is 1.83. The number of hydrogen-bond acceptors (Lipinski definition) is 2. The highest BCUT2D eigenvalue weighted by Gasteiger charge is 2.07. The molecule has 0 aliphatic carbocycles. The minimum Gasteiger partial charge on any atom is -0.356 e. The number of aliphatic imine (C=N–C) groups is 1. The van der Waals surface area contributed by atoms with Crippen LogP contribution in [0, 0.1) is 5.82 Å². The van der Waals surface area contributed by atoms with Gasteiger partial charge >= 0.3 is 0 Å². The molecule has 0 spiro atoms. The van der Waals surface area contributed by atoms with Crippen LogP contribution in [0.15, 0.2) is 51.9 Å². The zero-order valence-corrected chi connectivity index (χ0v) is 17.3. The number of guanidine groups is 1. The van der Waals surface area contributed by atoms with Crippen molar-refractivity contribution >= 4 is 27.8 Å². The van der Waals surface area contributed by atoms with Crippen LogP contribution in [0.4, 0.5) is 4.39 Å². The minimum atomic E-state index is -0.213. The first kappa shape index (κ1) is 20.9. The van der Waals surface area contributed by atoms with Crippen molar-refractivity contribution in [1.29, 1.82) is 0 Å². The van der Waals surface area contributed by atoms with Crippen LogP contribution < -0.4 is 10.6 Å². The van der Waals surface area contributed by atoms with Gasteiger partial charge in [-0.1, -0.05) is 28.1 Å². The first-order valence-corrected chi connectivity index (χ1v) is 9.39. The Morgan fingerprint density at radius 3 is 2.48 bits per heavy atom. The van der Waals surface area contributed by atoms with Crippen molar-refractivity contribution < 1.29 is 9.18 Å². The predicted molar refractivity (Wildman–Crippen MR) is 110 cm³/mol. The summed E-state index contributed by atoms with van der Waals surface area (Å²) in [7, 11) is 5.15. The summed E-state index contributed by atoms with van der Waals surface area (Å²) in [5, 5.41) is 6.39. The van der Waals surface area contributed by atoms with Gasteiger partial charge in [-0.3, -0.25) is 9.79 Å². The standard InChI is InChI=1S/C20H24BrFN4O/c1-23-20(24-11-10-16-12-17(21)8-9-18(16)22)25-13-14-4-6-15(7-5-14)19(27)26(2)3/h4-9,12H,10-11,13H2,1-3H3,(H2,23,24,25). The lowest BCUT2D eigenvalue weighted by Gasteiger charge is -2.13. The molecule has 0 heterocycles. The average Bonchev–Trinajstić information content (AvgIpc) is 2.66. The maximum absolute atomic E-state index is 13.8. The molecule has 0 fully saturated rings. The number of carbonyl (C=O) groups excluding carboxylic acids is 1. The van der Waals surface area contributed by atoms with Crippen molar-refractivity contribution in [3.63, 3.8) is 0 Å². The second-order valence-electron chi connectivity index (χ2n) is 6.23. The van der Waals surface area contributed by atoms with E-state index in [2.05, 4.69) is 31.6 Å². The van der Waals surface area contributed by atoms with Crippen LogP contribution in [-0.2, 0) is 13.0 Å². The first-order chi connectivity index (χ1) is 12.9. The third-order valence-electron chi connectivity index (χ3n) is 3.99. The lowest BCUT2D eigenvalue weighted by molar-refractivity contribution is 0.0827. The fourth-order valence-corrected chi connectivity index (χ4v) is 2.89. The van der Waals surface area contributed by atoms with E-state index < -0.39 is 0 Å². The highest BCUT2D eigenvalue weighted by molar-refractivity contribution is 9.10. The Labute approximate surface area is 167 Å². The highest BCUT2D eigenvalue weighted by Crippen LogP contribution is 2.15. The fourth-order valence-electron chi connectivity index (χ4n) is 2.48. The molecule has 2 aromatic carbocycles. The van der Waals surface area contributed by atoms with E-state index in [-0.39, 0.29) is 11.7 Å². The van der Waals surface area contributed by atoms with Gasteiger partial charge in [0.1, 0.15) is 5.82 Å². The van der Waals surface area contributed by atoms with Crippen LogP contribution in [0.25, 0.3) is 0 Å². The number of nitrogens with zero attached hydrogens (tertiary/aromatic N) is 2. The molecule has 2 N–H and O–H groups in total. The second kappa shape index (κ2) is 10.1. The Morgan fingerprint density at radius 2 is 1.85 bits per heavy atom. The van der Waals surface area contributed by atoms with Crippen LogP contribution in [0.5, 0.6) is 0 Å². The van der Waals surface area contributed by atoms with Gasteiger partial charge in [0.05, 0.1) is 0 Å². The molecule has 0 aromatic heterocycles. The molecule has 0 unspecified atom stereocenters. The summed E-state index contributed by atoms with van der Waals surface area (Å²) in [5.41, 5.74) is 2.34. The lowest BCUT2D eigenvalue weighted by Crippen LogP contribution is -2.37. The lowest BCUT2D eigenvalue weighted by atomic mass is 10.1. The largest absolute Gasteiger partial charge is 0.356 e. The maximum atomic E-state index is 13.8. The topological polar surface area (TPSA) is 56.7 Å². The maximum Gasteiger partial charge on any atom is 0.253 e. The summed E-state index contributed by atoms with van der Waals surface area (Å²) in [5.74, 6) is 0.404. The SMILES string of the molecule is CN=C(NCCc1cc(Br)ccc1F)NCc1ccc(C(=O)N(C)C)cc1. The Kier molecular flexibility index (Phi) is 7.79. The van der Waals surface area contributed by atoms with Crippen molar-refractivity contribution in [3.05, 3.63) is 69.4 Å². The van der Waals surface area contributed by atoms with Crippen molar-refractivity contribution in [2.45, 2.75) is 13.0 Å². The molecule has 0 bridgehead atoms. The van der Waals surface area contributed by atoms with Crippen molar-refractivity contribution in [3.8, 4) is 0 Å². The van der Waals surface area contributed by atoms with Crippen LogP contribution >= 0.6 is 15.9 Å². The van der Waals surface area contributed by atoms with Gasteiger partial charge in [-0.2, -0.15) is 0 Å². The molecule has 0 saturated carbocycles. The number of halogens is 2. The van der Waals surface area contributed by atoms with Gasteiger partial charge in [0.2, 0.25) is 0 Å². The molecule has 0 saturated heterocycles. The van der Waals surface area contributed by atoms with E-state index in [0.29, 0.717) is 36.6 Å². The van der Waals surface area contributed by atoms with Gasteiger partial charge in [0, 0.05) is 44.3 Å². The summed E-state index contributed by atoms with van der Waals surface area (Å²) in [6.45, 7) is 1.13. The summed E-state index contributed by atoms with van der Waals surface area (Å²) in [6, 6.07) is 12.4. The van der Waals surface area contributed by atoms with E-state index in [0.717, 1.165) is 10.0 Å². The summed E-state index contributed by atoms with van der Waals surface area (Å²) < 4.78 is 14.6. The van der Waals surface area contributed by atoms with E-state index in [9.17, 15) is 9.18 Å². The third kappa shape index (κ3) is 6.36. The van der Waals surface area contributed by atoms with Gasteiger partial charge in [0.15, 0.2) is 5.96 Å². The van der Waals surface area contributed by atoms with Crippen molar-refractivity contribution in [2.75, 3.05) is 27.7 Å². The number of benzene rings is 2. The summed E-state index contributed by atoms with van der Waals surface area (Å²) >= 11 is 3.36. The normalized spacial score (nSPS) is 11.2. The minimum absolute atomic E-state index is 0.0215. The molecule has 27 heavy (non-hydrogen) atoms. The molecular formula is C20H24BrFN4O. The van der Waals surface area contributed by atoms with Gasteiger partial charge in [-0.25, -0.2) is 4.39 Å². The van der Waals surface area contributed by atoms with E-state index in [4.69, 9.17) is 0 Å². The molecule has 7 heteroatoms. The van der Waals surface area contributed by atoms with Crippen LogP contribution in [0.2, 0.25) is 0 Å². The number of nitrogens with one attached hydrogen (secondary N) is 2. The van der Waals surface area contributed by atoms with Crippen molar-refractivity contribution in [2.24, 2.45) is 4.99 Å². The molecule has 144 valence electrons. The quantitative estimate of drug-likeness (QED) is 0.542. The molecule has 2 aromatic rings. The van der Waals surface area contributed by atoms with Crippen molar-refractivity contribution in [1.82, 2.24) is 15.5 Å². The fraction of sp³-hybridized carbons (Fsp3) is 0.300. The van der Waals surface area contributed by atoms with E-state index >= 15 is 0 Å². The van der Waals surface area contributed by atoms with Crippen LogP contribution in [0.3, 0.4) is 0 Å². The van der Waals surface area contributed by atoms with Crippen LogP contribution in [-0.4, -0.2) is 44.5 Å². The Hall–Kier alpha value is -2.41. The second-order valence-corrected chi connectivity index (χ2v) is 7.15. The highest BCUT2D eigenvalue weighted by atomic mass is 79.9. The molecule has 1 amide bonds. The van der Waals surface area contributed by atoms with Gasteiger partial charge in [-0.05, 0) is 47.9 Å². The van der Waals surface area contributed by atoms with E-state index in [1.807, 2.05) is 24.3 Å². The molecule has 0 atom stereocenters. The number of amides is 1. The third-order valence-corrected chi connectivity index (χ3v) is 4.48. The van der Waals surface area contributed by atoms with E-state index in [1.54, 1.807) is 38.2 Å². The number of hydrogen-bond donors (Lipinski definition) is 2. The average molecular weight is 435 g/mol. The predicted octanol–water partition coefficient (Wildman–Crippen LogP) is 3.20. The van der Waals surface area contributed by atoms with E-state index in [1.165, 1.54) is 6.07 Å². The summed E-state index contributed by atoms with van der Waals surface area (Å²) in [4.78, 5) is 17.6. The zero-order valence-electron chi connectivity index (χ0n) is 15.7. The van der Waals surface area contributed by atoms with Gasteiger partial charge in [-0.15, -0.1) is 0 Å². The van der Waals surface area contributed by atoms with Crippen LogP contribution in [0.1, 0.15) is 21.5 Å². The van der Waals surface area contributed by atoms with Gasteiger partial charge < -0.3 is 15.5 Å². The number of carbonyl (C=O) groups is 1. The Bertz CT molecular complexity index is 806. The smallest absolute Gasteiger partial charge is 0.253 e.